The average Bonchev–Trinajstić information content (AvgIpc) is 2.58. The van der Waals surface area contributed by atoms with Crippen LogP contribution in [0.4, 0.5) is 0 Å². The molecule has 0 rings (SSSR count). The summed E-state index contributed by atoms with van der Waals surface area (Å²) < 4.78 is 10.5. The molecule has 0 aromatic carbocycles. The fourth-order valence-electron chi connectivity index (χ4n) is 3.82. The SMILES string of the molecule is COCC=CC[PH]([Pd][PH](CC=CCOC)(C(C)C)C(C)C)(C(C)C)C(C)C. The molecule has 0 aromatic heterocycles. The normalized spacial score (nSPS) is 15.5. The van der Waals surface area contributed by atoms with Gasteiger partial charge in [-0.15, -0.1) is 0 Å². The van der Waals surface area contributed by atoms with Gasteiger partial charge in [0.15, 0.2) is 0 Å². The fraction of sp³-hybridized carbons (Fsp3) is 0.818. The predicted octanol–water partition coefficient (Wildman–Crippen LogP) is 6.44. The van der Waals surface area contributed by atoms with Crippen LogP contribution in [-0.2, 0) is 26.5 Å². The summed E-state index contributed by atoms with van der Waals surface area (Å²) in [6, 6.07) is 0. The molecule has 0 radical (unpaired) electrons. The predicted molar refractivity (Wildman–Crippen MR) is 129 cm³/mol. The second-order valence-electron chi connectivity index (χ2n) is 8.70. The van der Waals surface area contributed by atoms with Crippen LogP contribution in [0.5, 0.6) is 0 Å². The zero-order chi connectivity index (χ0) is 21.1. The summed E-state index contributed by atoms with van der Waals surface area (Å²) in [6.07, 6.45) is 12.0. The fourth-order valence-corrected chi connectivity index (χ4v) is 47.3. The Morgan fingerprint density at radius 3 is 1.11 bits per heavy atom. The van der Waals surface area contributed by atoms with E-state index in [-0.39, 0.29) is 0 Å². The first-order valence-electron chi connectivity index (χ1n) is 10.5. The van der Waals surface area contributed by atoms with Crippen LogP contribution in [0.25, 0.3) is 0 Å². The zero-order valence-corrected chi connectivity index (χ0v) is 23.1. The molecule has 0 aromatic rings. The molecule has 0 unspecified atom stereocenters. The van der Waals surface area contributed by atoms with Gasteiger partial charge >= 0.3 is 179 Å². The molecule has 0 bridgehead atoms. The second-order valence-corrected chi connectivity index (χ2v) is 30.4. The molecule has 0 aliphatic carbocycles. The van der Waals surface area contributed by atoms with Gasteiger partial charge in [-0.2, -0.15) is 0 Å². The van der Waals surface area contributed by atoms with Crippen LogP contribution in [-0.4, -0.2) is 62.4 Å². The standard InChI is InChI=1S/2C11H23OP.Pd/c2*1-10(2)13(11(3)4)9-7-6-8-12-5;/h2*6-7,10-11H,8-9H2,1-5H3;/q;;-2/p+2. The molecule has 0 atom stereocenters. The summed E-state index contributed by atoms with van der Waals surface area (Å²) in [5.74, 6) is 0. The second kappa shape index (κ2) is 14.0. The Kier molecular flexibility index (Phi) is 14.5. The van der Waals surface area contributed by atoms with Gasteiger partial charge in [0.1, 0.15) is 0 Å². The maximum atomic E-state index is 5.25. The van der Waals surface area contributed by atoms with E-state index >= 15 is 0 Å². The van der Waals surface area contributed by atoms with Crippen molar-refractivity contribution in [3.63, 3.8) is 0 Å². The van der Waals surface area contributed by atoms with Gasteiger partial charge in [-0.05, 0) is 0 Å². The number of hydrogen-bond acceptors (Lipinski definition) is 2. The number of hydrogen-bond donors (Lipinski definition) is 0. The monoisotopic (exact) mass is 512 g/mol. The molecule has 0 amide bonds. The molecule has 27 heavy (non-hydrogen) atoms. The summed E-state index contributed by atoms with van der Waals surface area (Å²) in [5.41, 5.74) is 0.449. The molecular weight excluding hydrogens is 465 g/mol. The van der Waals surface area contributed by atoms with Crippen LogP contribution >= 0.6 is 10.9 Å². The van der Waals surface area contributed by atoms with Gasteiger partial charge in [0.25, 0.3) is 0 Å². The molecule has 0 saturated heterocycles. The van der Waals surface area contributed by atoms with E-state index in [1.54, 1.807) is 14.2 Å². The van der Waals surface area contributed by atoms with Crippen LogP contribution in [0.3, 0.4) is 0 Å². The Balaban J connectivity index is 5.94. The van der Waals surface area contributed by atoms with Gasteiger partial charge in [0.2, 0.25) is 0 Å². The Hall–Kier alpha value is 0.922. The van der Waals surface area contributed by atoms with Crippen molar-refractivity contribution in [3.05, 3.63) is 24.3 Å². The molecule has 0 aliphatic heterocycles. The summed E-state index contributed by atoms with van der Waals surface area (Å²) in [7, 11) is 3.57. The Labute approximate surface area is 179 Å². The summed E-state index contributed by atoms with van der Waals surface area (Å²) in [4.78, 5) is 0. The van der Waals surface area contributed by atoms with Crippen LogP contribution < -0.4 is 0 Å². The van der Waals surface area contributed by atoms with Crippen molar-refractivity contribution in [2.24, 2.45) is 0 Å². The molecule has 168 valence electrons. The van der Waals surface area contributed by atoms with E-state index in [1.165, 1.54) is 12.3 Å². The number of methoxy groups -OCH3 is 2. The van der Waals surface area contributed by atoms with Crippen LogP contribution in [0.1, 0.15) is 55.4 Å². The first-order chi connectivity index (χ1) is 12.6. The van der Waals surface area contributed by atoms with Crippen molar-refractivity contribution < 1.29 is 26.5 Å². The molecule has 0 saturated carbocycles. The molecule has 2 nitrogen and oxygen atoms in total. The first-order valence-corrected chi connectivity index (χ1v) is 19.5. The minimum atomic E-state index is -1.43. The first kappa shape index (κ1) is 27.9. The molecule has 0 heterocycles. The minimum absolute atomic E-state index is 0.739. The van der Waals surface area contributed by atoms with Gasteiger partial charge < -0.3 is 0 Å². The van der Waals surface area contributed by atoms with E-state index in [9.17, 15) is 0 Å². The molecule has 0 fully saturated rings. The molecule has 0 spiro atoms. The van der Waals surface area contributed by atoms with Crippen LogP contribution in [0.2, 0.25) is 0 Å². The third kappa shape index (κ3) is 8.29. The third-order valence-corrected chi connectivity index (χ3v) is 42.8. The summed E-state index contributed by atoms with van der Waals surface area (Å²) in [6.45, 7) is 21.6. The van der Waals surface area contributed by atoms with Crippen molar-refractivity contribution in [1.29, 1.82) is 0 Å². The van der Waals surface area contributed by atoms with E-state index in [1.807, 2.05) is 0 Å². The Morgan fingerprint density at radius 1 is 0.593 bits per heavy atom. The van der Waals surface area contributed by atoms with E-state index in [4.69, 9.17) is 9.47 Å². The van der Waals surface area contributed by atoms with E-state index in [2.05, 4.69) is 79.7 Å². The van der Waals surface area contributed by atoms with E-state index in [0.717, 1.165) is 52.8 Å². The quantitative estimate of drug-likeness (QED) is 0.151. The summed E-state index contributed by atoms with van der Waals surface area (Å²) in [5, 5.41) is 0. The maximum absolute atomic E-state index is 5.25. The number of allylic oxidation sites excluding steroid dienone is 2. The van der Waals surface area contributed by atoms with Gasteiger partial charge in [0.05, 0.1) is 0 Å². The average molecular weight is 513 g/mol. The zero-order valence-electron chi connectivity index (χ0n) is 19.6. The Morgan fingerprint density at radius 2 is 0.889 bits per heavy atom. The molecular formula is C22H48O2P2Pd. The van der Waals surface area contributed by atoms with Crippen LogP contribution in [0.15, 0.2) is 24.3 Å². The molecule has 5 heteroatoms. The number of rotatable bonds is 14. The van der Waals surface area contributed by atoms with Crippen molar-refractivity contribution >= 4 is 10.9 Å². The van der Waals surface area contributed by atoms with Gasteiger partial charge in [-0.3, -0.25) is 0 Å². The van der Waals surface area contributed by atoms with E-state index in [0.29, 0.717) is 0 Å². The Bertz CT molecular complexity index is 390. The van der Waals surface area contributed by atoms with Crippen molar-refractivity contribution in [1.82, 2.24) is 0 Å². The molecule has 0 N–H and O–H groups in total. The van der Waals surface area contributed by atoms with Crippen LogP contribution in [0, 0.1) is 0 Å². The van der Waals surface area contributed by atoms with Crippen molar-refractivity contribution in [2.75, 3.05) is 39.8 Å². The third-order valence-electron chi connectivity index (χ3n) is 5.69. The van der Waals surface area contributed by atoms with Gasteiger partial charge in [-0.1, -0.05) is 0 Å². The van der Waals surface area contributed by atoms with Gasteiger partial charge in [-0.25, -0.2) is 0 Å². The molecule has 0 aliphatic rings. The topological polar surface area (TPSA) is 18.5 Å². The van der Waals surface area contributed by atoms with E-state index < -0.39 is 10.9 Å². The van der Waals surface area contributed by atoms with Crippen molar-refractivity contribution in [3.8, 4) is 0 Å². The summed E-state index contributed by atoms with van der Waals surface area (Å²) >= 11 is 0.927. The van der Waals surface area contributed by atoms with Crippen molar-refractivity contribution in [2.45, 2.75) is 78.0 Å². The number of ether oxygens (including phenoxy) is 2. The van der Waals surface area contributed by atoms with Gasteiger partial charge in [0, 0.05) is 0 Å².